The molecule has 0 aromatic carbocycles. The van der Waals surface area contributed by atoms with E-state index in [9.17, 15) is 18.0 Å². The molecule has 1 rings (SSSR count). The van der Waals surface area contributed by atoms with Crippen molar-refractivity contribution in [3.05, 3.63) is 0 Å². The number of nitrogens with one attached hydrogen (secondary N) is 2. The van der Waals surface area contributed by atoms with E-state index in [1.54, 1.807) is 0 Å². The number of aliphatic carboxylic acids is 1. The van der Waals surface area contributed by atoms with E-state index in [0.717, 1.165) is 12.8 Å². The van der Waals surface area contributed by atoms with Gasteiger partial charge in [0.25, 0.3) is 0 Å². The zero-order chi connectivity index (χ0) is 12.9. The summed E-state index contributed by atoms with van der Waals surface area (Å²) in [5.74, 6) is -1.67. The maximum atomic E-state index is 11.3. The minimum atomic E-state index is -3.56. The standard InChI is InChI=1S/C9H16N2O5S/c12-8(11-7-3-4-7)6-10-17(15,16)5-1-2-9(13)14/h7,10H,1-6H2,(H,11,12)(H,13,14). The van der Waals surface area contributed by atoms with E-state index in [-0.39, 0.29) is 37.1 Å². The van der Waals surface area contributed by atoms with Gasteiger partial charge in [-0.1, -0.05) is 0 Å². The lowest BCUT2D eigenvalue weighted by molar-refractivity contribution is -0.137. The minimum Gasteiger partial charge on any atom is -0.481 e. The van der Waals surface area contributed by atoms with Crippen LogP contribution in [-0.2, 0) is 19.6 Å². The van der Waals surface area contributed by atoms with Crippen LogP contribution >= 0.6 is 0 Å². The third kappa shape index (κ3) is 6.90. The number of rotatable bonds is 8. The van der Waals surface area contributed by atoms with E-state index in [2.05, 4.69) is 10.0 Å². The smallest absolute Gasteiger partial charge is 0.303 e. The second-order valence-corrected chi connectivity index (χ2v) is 5.91. The number of hydrogen-bond donors (Lipinski definition) is 3. The van der Waals surface area contributed by atoms with Crippen LogP contribution in [0.25, 0.3) is 0 Å². The van der Waals surface area contributed by atoms with Gasteiger partial charge in [0.05, 0.1) is 12.3 Å². The van der Waals surface area contributed by atoms with Crippen LogP contribution in [0.2, 0.25) is 0 Å². The molecule has 1 fully saturated rings. The van der Waals surface area contributed by atoms with Crippen molar-refractivity contribution in [2.24, 2.45) is 0 Å². The molecule has 0 atom stereocenters. The Bertz CT molecular complexity index is 388. The summed E-state index contributed by atoms with van der Waals surface area (Å²) in [4.78, 5) is 21.4. The van der Waals surface area contributed by atoms with Gasteiger partial charge in [0.2, 0.25) is 15.9 Å². The van der Waals surface area contributed by atoms with Crippen LogP contribution in [0.1, 0.15) is 25.7 Å². The number of hydrogen-bond acceptors (Lipinski definition) is 4. The Labute approximate surface area is 99.6 Å². The molecule has 0 aromatic heterocycles. The highest BCUT2D eigenvalue weighted by Crippen LogP contribution is 2.18. The fourth-order valence-corrected chi connectivity index (χ4v) is 2.19. The molecule has 7 nitrogen and oxygen atoms in total. The van der Waals surface area contributed by atoms with Gasteiger partial charge in [-0.3, -0.25) is 9.59 Å². The highest BCUT2D eigenvalue weighted by atomic mass is 32.2. The number of sulfonamides is 1. The maximum Gasteiger partial charge on any atom is 0.303 e. The average Bonchev–Trinajstić information content (AvgIpc) is 2.98. The van der Waals surface area contributed by atoms with Crippen LogP contribution < -0.4 is 10.0 Å². The lowest BCUT2D eigenvalue weighted by Crippen LogP contribution is -2.38. The molecule has 0 saturated heterocycles. The molecule has 8 heteroatoms. The molecule has 1 saturated carbocycles. The van der Waals surface area contributed by atoms with E-state index in [1.807, 2.05) is 0 Å². The SMILES string of the molecule is O=C(O)CCCS(=O)(=O)NCC(=O)NC1CC1. The molecule has 1 aliphatic carbocycles. The molecule has 0 aliphatic heterocycles. The first-order valence-electron chi connectivity index (χ1n) is 5.37. The largest absolute Gasteiger partial charge is 0.481 e. The van der Waals surface area contributed by atoms with Crippen molar-refractivity contribution in [2.45, 2.75) is 31.7 Å². The normalized spacial score (nSPS) is 15.5. The highest BCUT2D eigenvalue weighted by Gasteiger charge is 2.23. The molecular weight excluding hydrogens is 248 g/mol. The summed E-state index contributed by atoms with van der Waals surface area (Å²) in [6.45, 7) is -0.286. The zero-order valence-corrected chi connectivity index (χ0v) is 10.1. The lowest BCUT2D eigenvalue weighted by Gasteiger charge is -2.06. The molecule has 0 bridgehead atoms. The lowest BCUT2D eigenvalue weighted by atomic mass is 10.3. The predicted molar refractivity (Wildman–Crippen MR) is 59.8 cm³/mol. The molecule has 0 unspecified atom stereocenters. The highest BCUT2D eigenvalue weighted by molar-refractivity contribution is 7.89. The predicted octanol–water partition coefficient (Wildman–Crippen LogP) is -0.951. The second kappa shape index (κ2) is 5.97. The van der Waals surface area contributed by atoms with Crippen LogP contribution in [0.4, 0.5) is 0 Å². The molecule has 3 N–H and O–H groups in total. The number of carboxylic acids is 1. The number of amides is 1. The van der Waals surface area contributed by atoms with Gasteiger partial charge in [0.1, 0.15) is 0 Å². The second-order valence-electron chi connectivity index (χ2n) is 3.98. The van der Waals surface area contributed by atoms with Crippen LogP contribution in [0.5, 0.6) is 0 Å². The first kappa shape index (κ1) is 13.9. The first-order valence-corrected chi connectivity index (χ1v) is 7.03. The third-order valence-electron chi connectivity index (χ3n) is 2.20. The summed E-state index contributed by atoms with van der Waals surface area (Å²) in [7, 11) is -3.56. The molecule has 0 radical (unpaired) electrons. The number of carboxylic acid groups (broad SMARTS) is 1. The van der Waals surface area contributed by atoms with E-state index < -0.39 is 16.0 Å². The number of carbonyl (C=O) groups is 2. The molecule has 1 aliphatic rings. The fourth-order valence-electron chi connectivity index (χ4n) is 1.17. The first-order chi connectivity index (χ1) is 7.89. The van der Waals surface area contributed by atoms with E-state index in [1.165, 1.54) is 0 Å². The Morgan fingerprint density at radius 2 is 1.94 bits per heavy atom. The monoisotopic (exact) mass is 264 g/mol. The van der Waals surface area contributed by atoms with Crippen molar-refractivity contribution < 1.29 is 23.1 Å². The van der Waals surface area contributed by atoms with Crippen molar-refractivity contribution in [1.29, 1.82) is 0 Å². The summed E-state index contributed by atoms with van der Waals surface area (Å²) in [6, 6.07) is 0.194. The van der Waals surface area contributed by atoms with Gasteiger partial charge in [0.15, 0.2) is 0 Å². The van der Waals surface area contributed by atoms with Crippen LogP contribution in [-0.4, -0.2) is 43.7 Å². The molecule has 0 heterocycles. The van der Waals surface area contributed by atoms with Gasteiger partial charge in [-0.15, -0.1) is 0 Å². The summed E-state index contributed by atoms with van der Waals surface area (Å²) in [5, 5.41) is 11.0. The molecule has 1 amide bonds. The van der Waals surface area contributed by atoms with Gasteiger partial charge < -0.3 is 10.4 Å². The van der Waals surface area contributed by atoms with Crippen molar-refractivity contribution in [1.82, 2.24) is 10.0 Å². The summed E-state index contributed by atoms with van der Waals surface area (Å²) in [6.07, 6.45) is 1.72. The van der Waals surface area contributed by atoms with Crippen LogP contribution in [0, 0.1) is 0 Å². The van der Waals surface area contributed by atoms with Gasteiger partial charge in [0, 0.05) is 12.5 Å². The van der Waals surface area contributed by atoms with Crippen LogP contribution in [0.3, 0.4) is 0 Å². The Balaban J connectivity index is 2.18. The molecule has 98 valence electrons. The molecule has 0 aromatic rings. The summed E-state index contributed by atoms with van der Waals surface area (Å²) in [5.41, 5.74) is 0. The van der Waals surface area contributed by atoms with Gasteiger partial charge in [-0.05, 0) is 19.3 Å². The zero-order valence-electron chi connectivity index (χ0n) is 9.31. The summed E-state index contributed by atoms with van der Waals surface area (Å²) >= 11 is 0. The fraction of sp³-hybridized carbons (Fsp3) is 0.778. The van der Waals surface area contributed by atoms with E-state index >= 15 is 0 Å². The van der Waals surface area contributed by atoms with E-state index in [0.29, 0.717) is 0 Å². The quantitative estimate of drug-likeness (QED) is 0.523. The van der Waals surface area contributed by atoms with Gasteiger partial charge in [-0.25, -0.2) is 13.1 Å². The number of carbonyl (C=O) groups excluding carboxylic acids is 1. The Morgan fingerprint density at radius 1 is 1.29 bits per heavy atom. The van der Waals surface area contributed by atoms with Gasteiger partial charge >= 0.3 is 5.97 Å². The van der Waals surface area contributed by atoms with E-state index in [4.69, 9.17) is 5.11 Å². The third-order valence-corrected chi connectivity index (χ3v) is 3.61. The molecule has 0 spiro atoms. The van der Waals surface area contributed by atoms with Gasteiger partial charge in [-0.2, -0.15) is 0 Å². The van der Waals surface area contributed by atoms with Crippen molar-refractivity contribution >= 4 is 21.9 Å². The average molecular weight is 264 g/mol. The molecular formula is C9H16N2O5S. The van der Waals surface area contributed by atoms with Crippen molar-refractivity contribution in [3.8, 4) is 0 Å². The molecule has 17 heavy (non-hydrogen) atoms. The minimum absolute atomic E-state index is 0.0366. The Hall–Kier alpha value is -1.15. The van der Waals surface area contributed by atoms with Crippen molar-refractivity contribution in [2.75, 3.05) is 12.3 Å². The van der Waals surface area contributed by atoms with Crippen LogP contribution in [0.15, 0.2) is 0 Å². The maximum absolute atomic E-state index is 11.3. The Morgan fingerprint density at radius 3 is 2.47 bits per heavy atom. The van der Waals surface area contributed by atoms with Crippen molar-refractivity contribution in [3.63, 3.8) is 0 Å². The topological polar surface area (TPSA) is 113 Å². The summed E-state index contributed by atoms with van der Waals surface area (Å²) < 4.78 is 24.8. The Kier molecular flexibility index (Phi) is 4.88.